The summed E-state index contributed by atoms with van der Waals surface area (Å²) in [4.78, 5) is 27.1. The number of carbonyl (C=O) groups excluding carboxylic acids is 1. The molecule has 0 saturated carbocycles. The maximum Gasteiger partial charge on any atom is 0.239 e. The number of ether oxygens (including phenoxy) is 6. The van der Waals surface area contributed by atoms with Gasteiger partial charge in [0.25, 0.3) is 0 Å². The number of aromatic hydroxyl groups is 5. The molecular weight excluding hydrogens is 788 g/mol. The largest absolute Gasteiger partial charge is 0.504 e. The molecule has 3 heterocycles. The van der Waals surface area contributed by atoms with E-state index in [1.54, 1.807) is 0 Å². The van der Waals surface area contributed by atoms with Crippen LogP contribution in [0, 0.1) is 5.92 Å². The molecule has 2 fully saturated rings. The van der Waals surface area contributed by atoms with E-state index in [1.807, 2.05) is 0 Å². The molecule has 0 unspecified atom stereocenters. The zero-order chi connectivity index (χ0) is 42.9. The Kier molecular flexibility index (Phi) is 12.8. The second-order valence-electron chi connectivity index (χ2n) is 13.7. The lowest BCUT2D eigenvalue weighted by Crippen LogP contribution is -2.61. The van der Waals surface area contributed by atoms with Gasteiger partial charge in [0.05, 0.1) is 33.5 Å². The van der Waals surface area contributed by atoms with Gasteiger partial charge in [-0.05, 0) is 42.0 Å². The highest BCUT2D eigenvalue weighted by atomic mass is 16.7. The van der Waals surface area contributed by atoms with E-state index in [0.717, 1.165) is 25.3 Å². The quantitative estimate of drug-likeness (QED) is 0.0621. The Morgan fingerprint density at radius 2 is 1.44 bits per heavy atom. The number of hydrogen-bond donors (Lipinski definition) is 11. The molecule has 3 aromatic carbocycles. The van der Waals surface area contributed by atoms with Crippen molar-refractivity contribution in [1.29, 1.82) is 0 Å². The highest BCUT2D eigenvalue weighted by molar-refractivity contribution is 5.94. The first-order chi connectivity index (χ1) is 28.1. The Bertz CT molecular complexity index is 2250. The molecule has 0 aliphatic carbocycles. The monoisotopic (exact) mass is 830 g/mol. The minimum Gasteiger partial charge on any atom is -0.504 e. The lowest BCUT2D eigenvalue weighted by atomic mass is 9.87. The molecule has 1 aromatic heterocycles. The lowest BCUT2D eigenvalue weighted by Gasteiger charge is -2.43. The normalized spacial score (nSPS) is 27.2. The summed E-state index contributed by atoms with van der Waals surface area (Å²) in [5.41, 5.74) is -1.13. The number of methoxy groups -OCH3 is 2. The standard InChI is InChI=1S/C39H42O20/c1-53-23-9-15(4-7-20(23)43)3-6-17(41)11-18-28(46)29(47)25(13-40)57-38(18)55-14-26-30(48)33(51)34(52)39(58-26)59-37-32(50)27-24(12-22(45)36(54-2)31(27)49)56-35(37)16-5-8-19(42)21(44)10-16/h3-10,12,18,25-26,28-30,33-34,38-40,42-49,51-52H,11,13-14H2,1-2H3/b6-3+/t18-,25-,26-,28+,29-,30+,33-,34+,38-,39-/m1/s1. The fraction of sp³-hybridized carbons (Fsp3) is 0.385. The Morgan fingerprint density at radius 1 is 0.746 bits per heavy atom. The van der Waals surface area contributed by atoms with E-state index in [0.29, 0.717) is 5.56 Å². The number of phenols is 5. The van der Waals surface area contributed by atoms with Gasteiger partial charge in [0.2, 0.25) is 23.2 Å². The molecule has 2 aliphatic heterocycles. The molecule has 59 heavy (non-hydrogen) atoms. The molecule has 20 nitrogen and oxygen atoms in total. The van der Waals surface area contributed by atoms with Crippen LogP contribution in [0.1, 0.15) is 12.0 Å². The second kappa shape index (κ2) is 17.7. The summed E-state index contributed by atoms with van der Waals surface area (Å²) in [5.74, 6) is -6.26. The number of allylic oxidation sites excluding steroid dienone is 1. The average molecular weight is 831 g/mol. The lowest BCUT2D eigenvalue weighted by molar-refractivity contribution is -0.314. The van der Waals surface area contributed by atoms with Crippen molar-refractivity contribution in [3.63, 3.8) is 0 Å². The summed E-state index contributed by atoms with van der Waals surface area (Å²) < 4.78 is 39.0. The van der Waals surface area contributed by atoms with Gasteiger partial charge in [-0.2, -0.15) is 0 Å². The minimum absolute atomic E-state index is 0.0956. The summed E-state index contributed by atoms with van der Waals surface area (Å²) >= 11 is 0. The number of ketones is 1. The fourth-order valence-electron chi connectivity index (χ4n) is 6.71. The number of fused-ring (bicyclic) bond motifs is 1. The molecule has 20 heteroatoms. The molecule has 6 rings (SSSR count). The van der Waals surface area contributed by atoms with Gasteiger partial charge in [0.15, 0.2) is 52.3 Å². The van der Waals surface area contributed by atoms with E-state index >= 15 is 0 Å². The smallest absolute Gasteiger partial charge is 0.239 e. The Hall–Kier alpha value is -5.68. The molecule has 11 N–H and O–H groups in total. The Balaban J connectivity index is 1.27. The van der Waals surface area contributed by atoms with Crippen molar-refractivity contribution in [3.05, 3.63) is 64.3 Å². The van der Waals surface area contributed by atoms with Crippen molar-refractivity contribution in [2.24, 2.45) is 5.92 Å². The average Bonchev–Trinajstić information content (AvgIpc) is 3.21. The van der Waals surface area contributed by atoms with Crippen LogP contribution >= 0.6 is 0 Å². The van der Waals surface area contributed by atoms with E-state index in [2.05, 4.69) is 0 Å². The van der Waals surface area contributed by atoms with Crippen molar-refractivity contribution in [2.75, 3.05) is 27.4 Å². The van der Waals surface area contributed by atoms with Crippen molar-refractivity contribution in [1.82, 2.24) is 0 Å². The van der Waals surface area contributed by atoms with Crippen LogP contribution < -0.4 is 19.6 Å². The topological polar surface area (TPSA) is 325 Å². The number of benzene rings is 3. The summed E-state index contributed by atoms with van der Waals surface area (Å²) in [6, 6.07) is 8.54. The molecule has 0 amide bonds. The molecule has 4 aromatic rings. The van der Waals surface area contributed by atoms with E-state index in [4.69, 9.17) is 32.8 Å². The third-order valence-electron chi connectivity index (χ3n) is 9.93. The van der Waals surface area contributed by atoms with Gasteiger partial charge in [-0.25, -0.2) is 0 Å². The number of aliphatic hydroxyl groups excluding tert-OH is 6. The van der Waals surface area contributed by atoms with E-state index < -0.39 is 143 Å². The van der Waals surface area contributed by atoms with Gasteiger partial charge < -0.3 is 89.0 Å². The first kappa shape index (κ1) is 42.9. The Labute approximate surface area is 333 Å². The van der Waals surface area contributed by atoms with Crippen molar-refractivity contribution in [3.8, 4) is 57.3 Å². The summed E-state index contributed by atoms with van der Waals surface area (Å²) in [6.45, 7) is -1.49. The zero-order valence-corrected chi connectivity index (χ0v) is 31.2. The van der Waals surface area contributed by atoms with Crippen LogP contribution in [0.4, 0.5) is 0 Å². The Morgan fingerprint density at radius 3 is 2.12 bits per heavy atom. The highest BCUT2D eigenvalue weighted by Gasteiger charge is 2.49. The SMILES string of the molecule is COc1cc(/C=C/C(=O)C[C@H]2[C@H](OC[C@H]3O[C@H](Oc4c(-c5ccc(O)c(O)c5)oc5cc(O)c(OC)c(O)c5c4=O)[C@@H](O)[C@H](O)[C@H]3O)O[C@H](CO)[C@@H](O)[C@H]2O)ccc1O. The molecular formula is C39H42O20. The minimum atomic E-state index is -2.08. The fourth-order valence-corrected chi connectivity index (χ4v) is 6.71. The number of aliphatic hydroxyl groups is 6. The van der Waals surface area contributed by atoms with Gasteiger partial charge in [0, 0.05) is 24.0 Å². The van der Waals surface area contributed by atoms with Gasteiger partial charge in [-0.15, -0.1) is 0 Å². The van der Waals surface area contributed by atoms with Crippen molar-refractivity contribution < 1.29 is 93.8 Å². The molecule has 0 bridgehead atoms. The van der Waals surface area contributed by atoms with Gasteiger partial charge in [-0.3, -0.25) is 9.59 Å². The van der Waals surface area contributed by atoms with Crippen LogP contribution in [0.3, 0.4) is 0 Å². The van der Waals surface area contributed by atoms with Crippen LogP contribution in [0.15, 0.2) is 57.8 Å². The summed E-state index contributed by atoms with van der Waals surface area (Å²) in [7, 11) is 2.45. The van der Waals surface area contributed by atoms with Crippen LogP contribution in [0.2, 0.25) is 0 Å². The maximum absolute atomic E-state index is 14.0. The van der Waals surface area contributed by atoms with Gasteiger partial charge in [-0.1, -0.05) is 12.1 Å². The van der Waals surface area contributed by atoms with E-state index in [1.165, 1.54) is 43.5 Å². The molecule has 318 valence electrons. The van der Waals surface area contributed by atoms with Crippen LogP contribution in [-0.4, -0.2) is 145 Å². The first-order valence-corrected chi connectivity index (χ1v) is 17.9. The molecule has 0 radical (unpaired) electrons. The molecule has 2 saturated heterocycles. The van der Waals surface area contributed by atoms with Crippen LogP contribution in [0.25, 0.3) is 28.4 Å². The highest BCUT2D eigenvalue weighted by Crippen LogP contribution is 2.44. The maximum atomic E-state index is 14.0. The van der Waals surface area contributed by atoms with Crippen molar-refractivity contribution in [2.45, 2.75) is 61.7 Å². The third kappa shape index (κ3) is 8.57. The first-order valence-electron chi connectivity index (χ1n) is 17.9. The summed E-state index contributed by atoms with van der Waals surface area (Å²) in [5, 5.41) is 115. The molecule has 0 spiro atoms. The molecule has 10 atom stereocenters. The van der Waals surface area contributed by atoms with Crippen LogP contribution in [0.5, 0.6) is 46.0 Å². The van der Waals surface area contributed by atoms with Gasteiger partial charge in [0.1, 0.15) is 47.6 Å². The molecule has 2 aliphatic rings. The van der Waals surface area contributed by atoms with Gasteiger partial charge >= 0.3 is 0 Å². The summed E-state index contributed by atoms with van der Waals surface area (Å²) in [6.07, 6.45) is -13.8. The van der Waals surface area contributed by atoms with E-state index in [9.17, 15) is 65.8 Å². The number of hydrogen-bond acceptors (Lipinski definition) is 20. The predicted octanol–water partition coefficient (Wildman–Crippen LogP) is -0.0640. The number of carbonyl (C=O) groups is 1. The third-order valence-corrected chi connectivity index (χ3v) is 9.93. The number of rotatable bonds is 13. The second-order valence-corrected chi connectivity index (χ2v) is 13.7. The zero-order valence-electron chi connectivity index (χ0n) is 31.2. The van der Waals surface area contributed by atoms with Crippen LogP contribution in [-0.2, 0) is 19.0 Å². The number of phenolic OH excluding ortho intramolecular Hbond substituents is 5. The predicted molar refractivity (Wildman–Crippen MR) is 199 cm³/mol. The van der Waals surface area contributed by atoms with E-state index in [-0.39, 0.29) is 17.1 Å². The van der Waals surface area contributed by atoms with Crippen molar-refractivity contribution >= 4 is 22.8 Å².